The molecule has 24 heavy (non-hydrogen) atoms. The molecule has 0 radical (unpaired) electrons. The smallest absolute Gasteiger partial charge is 0.314 e. The Labute approximate surface area is 144 Å². The average Bonchev–Trinajstić information content (AvgIpc) is 2.51. The van der Waals surface area contributed by atoms with E-state index >= 15 is 0 Å². The Morgan fingerprint density at radius 2 is 1.46 bits per heavy atom. The van der Waals surface area contributed by atoms with Crippen LogP contribution in [-0.2, 0) is 14.4 Å². The SMILES string of the molecule is CC(=O)Nc1cccc(NC(=O)C(=O)Nc2cccc(Cl)c2C)c1. The number of hydrogen-bond donors (Lipinski definition) is 3. The van der Waals surface area contributed by atoms with Crippen molar-refractivity contribution in [2.75, 3.05) is 16.0 Å². The van der Waals surface area contributed by atoms with Gasteiger partial charge in [-0.3, -0.25) is 14.4 Å². The number of anilines is 3. The van der Waals surface area contributed by atoms with Gasteiger partial charge < -0.3 is 16.0 Å². The summed E-state index contributed by atoms with van der Waals surface area (Å²) in [5.74, 6) is -1.87. The number of hydrogen-bond acceptors (Lipinski definition) is 3. The zero-order valence-corrected chi connectivity index (χ0v) is 13.9. The van der Waals surface area contributed by atoms with Gasteiger partial charge in [0.05, 0.1) is 0 Å². The van der Waals surface area contributed by atoms with Crippen molar-refractivity contribution in [2.24, 2.45) is 0 Å². The summed E-state index contributed by atoms with van der Waals surface area (Å²) in [5, 5.41) is 8.08. The normalized spacial score (nSPS) is 9.96. The molecule has 124 valence electrons. The molecule has 3 N–H and O–H groups in total. The summed E-state index contributed by atoms with van der Waals surface area (Å²) >= 11 is 5.98. The highest BCUT2D eigenvalue weighted by molar-refractivity contribution is 6.44. The third-order valence-corrected chi connectivity index (χ3v) is 3.57. The molecule has 0 atom stereocenters. The highest BCUT2D eigenvalue weighted by atomic mass is 35.5. The molecule has 0 saturated carbocycles. The Hall–Kier alpha value is -2.86. The summed E-state index contributed by atoms with van der Waals surface area (Å²) in [4.78, 5) is 35.1. The molecule has 6 nitrogen and oxygen atoms in total. The van der Waals surface area contributed by atoms with Gasteiger partial charge in [0.15, 0.2) is 0 Å². The molecule has 2 rings (SSSR count). The van der Waals surface area contributed by atoms with Gasteiger partial charge in [0.2, 0.25) is 5.91 Å². The van der Waals surface area contributed by atoms with Crippen LogP contribution in [0.1, 0.15) is 12.5 Å². The highest BCUT2D eigenvalue weighted by Crippen LogP contribution is 2.23. The van der Waals surface area contributed by atoms with Crippen LogP contribution in [0.25, 0.3) is 0 Å². The lowest BCUT2D eigenvalue weighted by atomic mass is 10.2. The van der Waals surface area contributed by atoms with Crippen LogP contribution in [0.3, 0.4) is 0 Å². The molecule has 3 amide bonds. The highest BCUT2D eigenvalue weighted by Gasteiger charge is 2.15. The van der Waals surface area contributed by atoms with Gasteiger partial charge >= 0.3 is 11.8 Å². The van der Waals surface area contributed by atoms with E-state index in [1.807, 2.05) is 0 Å². The van der Waals surface area contributed by atoms with Crippen LogP contribution in [0.4, 0.5) is 17.1 Å². The maximum Gasteiger partial charge on any atom is 0.314 e. The first-order valence-corrected chi connectivity index (χ1v) is 7.49. The number of nitrogens with one attached hydrogen (secondary N) is 3. The molecule has 0 aliphatic rings. The van der Waals surface area contributed by atoms with E-state index in [1.54, 1.807) is 49.4 Å². The van der Waals surface area contributed by atoms with E-state index < -0.39 is 11.8 Å². The van der Waals surface area contributed by atoms with E-state index in [9.17, 15) is 14.4 Å². The standard InChI is InChI=1S/C17H16ClN3O3/c1-10-14(18)7-4-8-15(10)21-17(24)16(23)20-13-6-3-5-12(9-13)19-11(2)22/h3-9H,1-2H3,(H,19,22)(H,20,23)(H,21,24). The lowest BCUT2D eigenvalue weighted by molar-refractivity contribution is -0.133. The van der Waals surface area contributed by atoms with Crippen molar-refractivity contribution in [3.05, 3.63) is 53.1 Å². The Morgan fingerprint density at radius 1 is 0.875 bits per heavy atom. The fraction of sp³-hybridized carbons (Fsp3) is 0.118. The number of carbonyl (C=O) groups is 3. The number of amides is 3. The molecule has 2 aromatic carbocycles. The van der Waals surface area contributed by atoms with Gasteiger partial charge in [0.1, 0.15) is 0 Å². The second-order valence-corrected chi connectivity index (χ2v) is 5.49. The summed E-state index contributed by atoms with van der Waals surface area (Å²) in [5.41, 5.74) is 2.05. The largest absolute Gasteiger partial charge is 0.326 e. The minimum atomic E-state index is -0.825. The average molecular weight is 346 g/mol. The second kappa shape index (κ2) is 7.61. The minimum absolute atomic E-state index is 0.229. The summed E-state index contributed by atoms with van der Waals surface area (Å²) < 4.78 is 0. The molecule has 0 aromatic heterocycles. The van der Waals surface area contributed by atoms with E-state index in [0.717, 1.165) is 0 Å². The molecule has 0 fully saturated rings. The predicted molar refractivity (Wildman–Crippen MR) is 94.2 cm³/mol. The third kappa shape index (κ3) is 4.57. The van der Waals surface area contributed by atoms with Crippen molar-refractivity contribution in [1.29, 1.82) is 0 Å². The Morgan fingerprint density at radius 3 is 2.12 bits per heavy atom. The van der Waals surface area contributed by atoms with Crippen LogP contribution >= 0.6 is 11.6 Å². The van der Waals surface area contributed by atoms with Crippen LogP contribution in [-0.4, -0.2) is 17.7 Å². The van der Waals surface area contributed by atoms with Gasteiger partial charge in [-0.05, 0) is 42.8 Å². The van der Waals surface area contributed by atoms with Crippen molar-refractivity contribution >= 4 is 46.4 Å². The minimum Gasteiger partial charge on any atom is -0.326 e. The molecular weight excluding hydrogens is 330 g/mol. The van der Waals surface area contributed by atoms with Gasteiger partial charge in [0.25, 0.3) is 0 Å². The van der Waals surface area contributed by atoms with Crippen molar-refractivity contribution in [3.8, 4) is 0 Å². The number of halogens is 1. The first-order valence-electron chi connectivity index (χ1n) is 7.12. The number of carbonyl (C=O) groups excluding carboxylic acids is 3. The number of rotatable bonds is 3. The summed E-state index contributed by atoms with van der Waals surface area (Å²) in [7, 11) is 0. The molecule has 7 heteroatoms. The third-order valence-electron chi connectivity index (χ3n) is 3.16. The van der Waals surface area contributed by atoms with Gasteiger partial charge in [0, 0.05) is 29.0 Å². The van der Waals surface area contributed by atoms with Crippen LogP contribution in [0.15, 0.2) is 42.5 Å². The fourth-order valence-corrected chi connectivity index (χ4v) is 2.16. The van der Waals surface area contributed by atoms with Gasteiger partial charge in [-0.2, -0.15) is 0 Å². The molecule has 0 heterocycles. The monoisotopic (exact) mass is 345 g/mol. The van der Waals surface area contributed by atoms with Crippen LogP contribution < -0.4 is 16.0 Å². The molecule has 0 spiro atoms. The number of benzene rings is 2. The molecule has 0 unspecified atom stereocenters. The van der Waals surface area contributed by atoms with E-state index in [4.69, 9.17) is 11.6 Å². The summed E-state index contributed by atoms with van der Waals surface area (Å²) in [6, 6.07) is 11.5. The Kier molecular flexibility index (Phi) is 5.55. The van der Waals surface area contributed by atoms with E-state index in [-0.39, 0.29) is 5.91 Å². The summed E-state index contributed by atoms with van der Waals surface area (Å²) in [6.07, 6.45) is 0. The maximum atomic E-state index is 12.0. The van der Waals surface area contributed by atoms with Gasteiger partial charge in [-0.15, -0.1) is 0 Å². The molecule has 0 aliphatic carbocycles. The van der Waals surface area contributed by atoms with Crippen molar-refractivity contribution in [2.45, 2.75) is 13.8 Å². The van der Waals surface area contributed by atoms with Crippen molar-refractivity contribution in [1.82, 2.24) is 0 Å². The first-order chi connectivity index (χ1) is 11.4. The van der Waals surface area contributed by atoms with Crippen LogP contribution in [0.5, 0.6) is 0 Å². The van der Waals surface area contributed by atoms with Gasteiger partial charge in [-0.1, -0.05) is 23.7 Å². The Bertz CT molecular complexity index is 805. The zero-order chi connectivity index (χ0) is 17.7. The molecular formula is C17H16ClN3O3. The molecule has 0 aliphatic heterocycles. The van der Waals surface area contributed by atoms with E-state index in [1.165, 1.54) is 6.92 Å². The van der Waals surface area contributed by atoms with Crippen molar-refractivity contribution in [3.63, 3.8) is 0 Å². The predicted octanol–water partition coefficient (Wildman–Crippen LogP) is 3.18. The lowest BCUT2D eigenvalue weighted by Crippen LogP contribution is -2.29. The Balaban J connectivity index is 2.05. The quantitative estimate of drug-likeness (QED) is 0.746. The zero-order valence-electron chi connectivity index (χ0n) is 13.1. The molecule has 0 saturated heterocycles. The summed E-state index contributed by atoms with van der Waals surface area (Å²) in [6.45, 7) is 3.12. The topological polar surface area (TPSA) is 87.3 Å². The lowest BCUT2D eigenvalue weighted by Gasteiger charge is -2.10. The van der Waals surface area contributed by atoms with E-state index in [0.29, 0.717) is 27.6 Å². The molecule has 0 bridgehead atoms. The van der Waals surface area contributed by atoms with Crippen LogP contribution in [0, 0.1) is 6.92 Å². The second-order valence-electron chi connectivity index (χ2n) is 5.08. The maximum absolute atomic E-state index is 12.0. The van der Waals surface area contributed by atoms with Crippen LogP contribution in [0.2, 0.25) is 5.02 Å². The van der Waals surface area contributed by atoms with E-state index in [2.05, 4.69) is 16.0 Å². The first kappa shape index (κ1) is 17.5. The molecule has 2 aromatic rings. The van der Waals surface area contributed by atoms with Crippen molar-refractivity contribution < 1.29 is 14.4 Å². The fourth-order valence-electron chi connectivity index (χ4n) is 1.99. The van der Waals surface area contributed by atoms with Gasteiger partial charge in [-0.25, -0.2) is 0 Å².